The van der Waals surface area contributed by atoms with Gasteiger partial charge in [0.15, 0.2) is 0 Å². The maximum absolute atomic E-state index is 12.7. The first-order valence-electron chi connectivity index (χ1n) is 8.69. The normalized spacial score (nSPS) is 16.6. The summed E-state index contributed by atoms with van der Waals surface area (Å²) in [6, 6.07) is 16.7. The molecule has 2 aromatic carbocycles. The quantitative estimate of drug-likeness (QED) is 0.773. The van der Waals surface area contributed by atoms with Crippen molar-refractivity contribution >= 4 is 35.8 Å². The maximum Gasteiger partial charge on any atom is 0.240 e. The van der Waals surface area contributed by atoms with Gasteiger partial charge in [-0.2, -0.15) is 0 Å². The third-order valence-corrected chi connectivity index (χ3v) is 4.79. The Morgan fingerprint density at radius 2 is 1.85 bits per heavy atom. The predicted molar refractivity (Wildman–Crippen MR) is 109 cm³/mol. The van der Waals surface area contributed by atoms with Gasteiger partial charge < -0.3 is 15.5 Å². The number of amides is 2. The summed E-state index contributed by atoms with van der Waals surface area (Å²) < 4.78 is 0. The lowest BCUT2D eigenvalue weighted by Crippen LogP contribution is -2.55. The second-order valence-corrected chi connectivity index (χ2v) is 6.73. The Morgan fingerprint density at radius 3 is 2.59 bits per heavy atom. The topological polar surface area (TPSA) is 61.4 Å². The first-order valence-corrected chi connectivity index (χ1v) is 9.07. The van der Waals surface area contributed by atoms with E-state index >= 15 is 0 Å². The van der Waals surface area contributed by atoms with Crippen LogP contribution in [0, 0.1) is 0 Å². The Bertz CT molecular complexity index is 771. The summed E-state index contributed by atoms with van der Waals surface area (Å²) in [7, 11) is 0. The van der Waals surface area contributed by atoms with Gasteiger partial charge in [-0.05, 0) is 17.2 Å². The zero-order valence-electron chi connectivity index (χ0n) is 14.9. The molecule has 27 heavy (non-hydrogen) atoms. The summed E-state index contributed by atoms with van der Waals surface area (Å²) >= 11 is 6.19. The van der Waals surface area contributed by atoms with Crippen LogP contribution in [-0.2, 0) is 22.7 Å². The van der Waals surface area contributed by atoms with E-state index in [1.807, 2.05) is 54.6 Å². The molecule has 0 spiro atoms. The Morgan fingerprint density at radius 1 is 1.15 bits per heavy atom. The molecule has 5 nitrogen and oxygen atoms in total. The summed E-state index contributed by atoms with van der Waals surface area (Å²) in [5.41, 5.74) is 1.95. The summed E-state index contributed by atoms with van der Waals surface area (Å²) in [4.78, 5) is 26.7. The third-order valence-electron chi connectivity index (χ3n) is 4.42. The smallest absolute Gasteiger partial charge is 0.240 e. The molecule has 2 N–H and O–H groups in total. The molecule has 2 amide bonds. The van der Waals surface area contributed by atoms with Crippen molar-refractivity contribution in [3.63, 3.8) is 0 Å². The van der Waals surface area contributed by atoms with Gasteiger partial charge in [0, 0.05) is 31.2 Å². The fraction of sp³-hybridized carbons (Fsp3) is 0.300. The summed E-state index contributed by atoms with van der Waals surface area (Å²) in [5, 5.41) is 6.66. The van der Waals surface area contributed by atoms with Crippen LogP contribution in [0.15, 0.2) is 54.6 Å². The van der Waals surface area contributed by atoms with Crippen molar-refractivity contribution in [1.29, 1.82) is 0 Å². The predicted octanol–water partition coefficient (Wildman–Crippen LogP) is 2.77. The average molecular weight is 408 g/mol. The number of carbonyl (C=O) groups is 2. The number of nitrogens with zero attached hydrogens (tertiary/aromatic N) is 1. The monoisotopic (exact) mass is 407 g/mol. The van der Waals surface area contributed by atoms with Crippen LogP contribution in [0.2, 0.25) is 5.02 Å². The SMILES string of the molecule is Cl.O=C(CC1NCCN(Cc2ccccc2Cl)C1=O)NCc1ccccc1. The molecule has 1 unspecified atom stereocenters. The van der Waals surface area contributed by atoms with Gasteiger partial charge in [-0.25, -0.2) is 0 Å². The lowest BCUT2D eigenvalue weighted by atomic mass is 10.1. The molecule has 1 atom stereocenters. The van der Waals surface area contributed by atoms with E-state index in [1.165, 1.54) is 0 Å². The van der Waals surface area contributed by atoms with Crippen molar-refractivity contribution in [3.05, 3.63) is 70.7 Å². The highest BCUT2D eigenvalue weighted by Gasteiger charge is 2.30. The number of piperazine rings is 1. The second kappa shape index (κ2) is 10.3. The van der Waals surface area contributed by atoms with Crippen LogP contribution in [0.3, 0.4) is 0 Å². The van der Waals surface area contributed by atoms with Gasteiger partial charge in [0.05, 0.1) is 12.5 Å². The van der Waals surface area contributed by atoms with Crippen LogP contribution in [0.4, 0.5) is 0 Å². The Hall–Kier alpha value is -2.08. The van der Waals surface area contributed by atoms with E-state index in [0.717, 1.165) is 11.1 Å². The number of hydrogen-bond donors (Lipinski definition) is 2. The molecule has 1 aliphatic heterocycles. The van der Waals surface area contributed by atoms with E-state index in [1.54, 1.807) is 4.90 Å². The minimum absolute atomic E-state index is 0. The summed E-state index contributed by atoms with van der Waals surface area (Å²) in [6.07, 6.45) is 0.130. The Labute approximate surface area is 170 Å². The van der Waals surface area contributed by atoms with Crippen molar-refractivity contribution in [2.75, 3.05) is 13.1 Å². The van der Waals surface area contributed by atoms with E-state index in [-0.39, 0.29) is 30.6 Å². The molecule has 0 aliphatic carbocycles. The first kappa shape index (κ1) is 21.2. The molecule has 144 valence electrons. The molecule has 0 radical (unpaired) electrons. The zero-order chi connectivity index (χ0) is 18.4. The van der Waals surface area contributed by atoms with Crippen LogP contribution >= 0.6 is 24.0 Å². The highest BCUT2D eigenvalue weighted by Crippen LogP contribution is 2.18. The van der Waals surface area contributed by atoms with Gasteiger partial charge in [0.25, 0.3) is 0 Å². The number of hydrogen-bond acceptors (Lipinski definition) is 3. The fourth-order valence-electron chi connectivity index (χ4n) is 2.99. The van der Waals surface area contributed by atoms with Crippen LogP contribution in [0.5, 0.6) is 0 Å². The lowest BCUT2D eigenvalue weighted by molar-refractivity contribution is -0.138. The molecule has 3 rings (SSSR count). The number of carbonyl (C=O) groups excluding carboxylic acids is 2. The largest absolute Gasteiger partial charge is 0.352 e. The second-order valence-electron chi connectivity index (χ2n) is 6.32. The number of halogens is 2. The van der Waals surface area contributed by atoms with Gasteiger partial charge in [0.2, 0.25) is 11.8 Å². The van der Waals surface area contributed by atoms with Crippen LogP contribution in [0.1, 0.15) is 17.5 Å². The molecule has 0 aromatic heterocycles. The molecular formula is C20H23Cl2N3O2. The van der Waals surface area contributed by atoms with E-state index in [2.05, 4.69) is 10.6 Å². The van der Waals surface area contributed by atoms with Crippen LogP contribution in [-0.4, -0.2) is 35.8 Å². The Balaban J connectivity index is 0.00000261. The van der Waals surface area contributed by atoms with Gasteiger partial charge >= 0.3 is 0 Å². The lowest BCUT2D eigenvalue weighted by Gasteiger charge is -2.33. The van der Waals surface area contributed by atoms with Crippen molar-refractivity contribution in [3.8, 4) is 0 Å². The molecule has 1 heterocycles. The van der Waals surface area contributed by atoms with Gasteiger partial charge in [0.1, 0.15) is 0 Å². The van der Waals surface area contributed by atoms with Crippen molar-refractivity contribution in [1.82, 2.24) is 15.5 Å². The van der Waals surface area contributed by atoms with Crippen LogP contribution < -0.4 is 10.6 Å². The zero-order valence-corrected chi connectivity index (χ0v) is 16.4. The van der Waals surface area contributed by atoms with E-state index < -0.39 is 6.04 Å². The van der Waals surface area contributed by atoms with Crippen molar-refractivity contribution in [2.24, 2.45) is 0 Å². The fourth-order valence-corrected chi connectivity index (χ4v) is 3.19. The van der Waals surface area contributed by atoms with E-state index in [4.69, 9.17) is 11.6 Å². The van der Waals surface area contributed by atoms with Gasteiger partial charge in [-0.1, -0.05) is 60.1 Å². The van der Waals surface area contributed by atoms with E-state index in [0.29, 0.717) is 31.2 Å². The third kappa shape index (κ3) is 5.96. The van der Waals surface area contributed by atoms with Crippen molar-refractivity contribution < 1.29 is 9.59 Å². The highest BCUT2D eigenvalue weighted by molar-refractivity contribution is 6.31. The maximum atomic E-state index is 12.7. The molecule has 0 bridgehead atoms. The van der Waals surface area contributed by atoms with Gasteiger partial charge in [-0.15, -0.1) is 12.4 Å². The standard InChI is InChI=1S/C20H22ClN3O2.ClH/c21-17-9-5-4-8-16(17)14-24-11-10-22-18(20(24)26)12-19(25)23-13-15-6-2-1-3-7-15;/h1-9,18,22H,10-14H2,(H,23,25);1H. The highest BCUT2D eigenvalue weighted by atomic mass is 35.5. The molecule has 2 aromatic rings. The molecule has 0 saturated carbocycles. The molecular weight excluding hydrogens is 385 g/mol. The molecule has 7 heteroatoms. The number of benzene rings is 2. The van der Waals surface area contributed by atoms with Crippen LogP contribution in [0.25, 0.3) is 0 Å². The summed E-state index contributed by atoms with van der Waals surface area (Å²) in [5.74, 6) is -0.203. The summed E-state index contributed by atoms with van der Waals surface area (Å²) in [6.45, 7) is 2.19. The molecule has 1 aliphatic rings. The van der Waals surface area contributed by atoms with E-state index in [9.17, 15) is 9.59 Å². The molecule has 1 fully saturated rings. The first-order chi connectivity index (χ1) is 12.6. The molecule has 1 saturated heterocycles. The number of rotatable bonds is 6. The van der Waals surface area contributed by atoms with Gasteiger partial charge in [-0.3, -0.25) is 9.59 Å². The number of nitrogens with one attached hydrogen (secondary N) is 2. The Kier molecular flexibility index (Phi) is 8.10. The average Bonchev–Trinajstić information content (AvgIpc) is 2.66. The minimum Gasteiger partial charge on any atom is -0.352 e. The van der Waals surface area contributed by atoms with Crippen molar-refractivity contribution in [2.45, 2.75) is 25.6 Å². The minimum atomic E-state index is -0.498.